The predicted molar refractivity (Wildman–Crippen MR) is 48.5 cm³/mol. The summed E-state index contributed by atoms with van der Waals surface area (Å²) < 4.78 is 5.17. The molecule has 0 aliphatic carbocycles. The Hall–Kier alpha value is -0.600. The fourth-order valence-electron chi connectivity index (χ4n) is 0.988. The van der Waals surface area contributed by atoms with E-state index in [2.05, 4.69) is 12.6 Å². The molecule has 0 amide bonds. The van der Waals surface area contributed by atoms with Gasteiger partial charge in [-0.3, -0.25) is 0 Å². The third-order valence-electron chi connectivity index (χ3n) is 1.52. The third kappa shape index (κ3) is 1.12. The molecule has 1 aromatic carbocycles. The van der Waals surface area contributed by atoms with Gasteiger partial charge in [-0.25, -0.2) is 0 Å². The summed E-state index contributed by atoms with van der Waals surface area (Å²) in [7, 11) is 0. The molecule has 0 radical (unpaired) electrons. The molecule has 1 heterocycles. The van der Waals surface area contributed by atoms with Crippen LogP contribution in [0.1, 0.15) is 0 Å². The van der Waals surface area contributed by atoms with Crippen LogP contribution in [0.2, 0.25) is 5.02 Å². The Balaban J connectivity index is 2.86. The van der Waals surface area contributed by atoms with E-state index in [1.807, 2.05) is 12.1 Å². The molecule has 0 spiro atoms. The van der Waals surface area contributed by atoms with E-state index < -0.39 is 0 Å². The van der Waals surface area contributed by atoms with Gasteiger partial charge in [-0.1, -0.05) is 11.6 Å². The van der Waals surface area contributed by atoms with Crippen LogP contribution in [0.25, 0.3) is 11.0 Å². The maximum atomic E-state index is 5.74. The fraction of sp³-hybridized carbons (Fsp3) is 0. The Kier molecular flexibility index (Phi) is 1.59. The zero-order valence-corrected chi connectivity index (χ0v) is 7.19. The summed E-state index contributed by atoms with van der Waals surface area (Å²) in [6.07, 6.45) is 1.60. The van der Waals surface area contributed by atoms with Gasteiger partial charge in [0.05, 0.1) is 4.90 Å². The smallest absolute Gasteiger partial charge is 0.136 e. The number of hydrogen-bond donors (Lipinski definition) is 1. The van der Waals surface area contributed by atoms with Crippen LogP contribution in [-0.4, -0.2) is 0 Å². The quantitative estimate of drug-likeness (QED) is 0.620. The summed E-state index contributed by atoms with van der Waals surface area (Å²) in [5.41, 5.74) is 0.780. The van der Waals surface area contributed by atoms with E-state index in [1.54, 1.807) is 12.3 Å². The topological polar surface area (TPSA) is 13.1 Å². The monoisotopic (exact) mass is 184 g/mol. The molecule has 1 aromatic heterocycles. The van der Waals surface area contributed by atoms with Crippen molar-refractivity contribution in [2.45, 2.75) is 4.90 Å². The average molecular weight is 185 g/mol. The highest BCUT2D eigenvalue weighted by Crippen LogP contribution is 2.26. The first kappa shape index (κ1) is 7.07. The van der Waals surface area contributed by atoms with Crippen LogP contribution in [0.5, 0.6) is 0 Å². The molecule has 56 valence electrons. The van der Waals surface area contributed by atoms with Crippen molar-refractivity contribution in [3.05, 3.63) is 29.5 Å². The molecule has 0 unspecified atom stereocenters. The van der Waals surface area contributed by atoms with Crippen LogP contribution in [0, 0.1) is 0 Å². The largest absolute Gasteiger partial charge is 0.463 e. The number of halogens is 1. The second kappa shape index (κ2) is 2.47. The molecule has 0 atom stereocenters. The lowest BCUT2D eigenvalue weighted by Crippen LogP contribution is -1.64. The van der Waals surface area contributed by atoms with Gasteiger partial charge in [0.2, 0.25) is 0 Å². The van der Waals surface area contributed by atoms with Gasteiger partial charge < -0.3 is 4.42 Å². The average Bonchev–Trinajstić information content (AvgIpc) is 2.32. The number of rotatable bonds is 0. The highest BCUT2D eigenvalue weighted by Gasteiger charge is 2.01. The first-order valence-corrected chi connectivity index (χ1v) is 3.95. The van der Waals surface area contributed by atoms with Crippen molar-refractivity contribution in [3.8, 4) is 0 Å². The van der Waals surface area contributed by atoms with Crippen molar-refractivity contribution in [2.75, 3.05) is 0 Å². The molecule has 0 fully saturated rings. The summed E-state index contributed by atoms with van der Waals surface area (Å²) in [4.78, 5) is 0.844. The molecule has 1 nitrogen and oxygen atoms in total. The Morgan fingerprint density at radius 3 is 3.00 bits per heavy atom. The zero-order valence-electron chi connectivity index (χ0n) is 5.54. The van der Waals surface area contributed by atoms with Crippen molar-refractivity contribution in [1.82, 2.24) is 0 Å². The number of furan rings is 1. The second-order valence-corrected chi connectivity index (χ2v) is 3.18. The Bertz CT molecular complexity index is 394. The molecule has 0 saturated carbocycles. The molecule has 0 bridgehead atoms. The van der Waals surface area contributed by atoms with E-state index in [9.17, 15) is 0 Å². The molecule has 3 heteroatoms. The van der Waals surface area contributed by atoms with Crippen molar-refractivity contribution >= 4 is 35.2 Å². The highest BCUT2D eigenvalue weighted by atomic mass is 35.5. The molecule has 11 heavy (non-hydrogen) atoms. The number of hydrogen-bond acceptors (Lipinski definition) is 2. The highest BCUT2D eigenvalue weighted by molar-refractivity contribution is 7.80. The zero-order chi connectivity index (χ0) is 7.84. The van der Waals surface area contributed by atoms with Gasteiger partial charge in [0, 0.05) is 16.5 Å². The van der Waals surface area contributed by atoms with E-state index in [1.165, 1.54) is 0 Å². The summed E-state index contributed by atoms with van der Waals surface area (Å²) in [6, 6.07) is 5.49. The van der Waals surface area contributed by atoms with Gasteiger partial charge in [0.25, 0.3) is 0 Å². The number of benzene rings is 1. The molecular formula is C8H5ClOS. The first-order chi connectivity index (χ1) is 5.27. The maximum absolute atomic E-state index is 5.74. The third-order valence-corrected chi connectivity index (χ3v) is 2.10. The fourth-order valence-corrected chi connectivity index (χ4v) is 1.39. The number of fused-ring (bicyclic) bond motifs is 1. The second-order valence-electron chi connectivity index (χ2n) is 2.26. The standard InChI is InChI=1S/C8H5ClOS/c9-5-1-2-6-7(3-5)10-4-8(6)11/h1-4,11H. The van der Waals surface area contributed by atoms with E-state index in [0.717, 1.165) is 15.9 Å². The minimum absolute atomic E-state index is 0.681. The van der Waals surface area contributed by atoms with Gasteiger partial charge in [-0.2, -0.15) is 0 Å². The summed E-state index contributed by atoms with van der Waals surface area (Å²) in [6.45, 7) is 0. The van der Waals surface area contributed by atoms with Crippen LogP contribution in [-0.2, 0) is 0 Å². The van der Waals surface area contributed by atoms with Crippen LogP contribution < -0.4 is 0 Å². The van der Waals surface area contributed by atoms with Gasteiger partial charge in [-0.15, -0.1) is 12.6 Å². The van der Waals surface area contributed by atoms with Crippen molar-refractivity contribution in [1.29, 1.82) is 0 Å². The first-order valence-electron chi connectivity index (χ1n) is 3.13. The Morgan fingerprint density at radius 2 is 2.18 bits per heavy atom. The van der Waals surface area contributed by atoms with Crippen LogP contribution >= 0.6 is 24.2 Å². The van der Waals surface area contributed by atoms with Gasteiger partial charge >= 0.3 is 0 Å². The van der Waals surface area contributed by atoms with Crippen molar-refractivity contribution in [2.24, 2.45) is 0 Å². The minimum atomic E-state index is 0.681. The Morgan fingerprint density at radius 1 is 1.36 bits per heavy atom. The van der Waals surface area contributed by atoms with Crippen LogP contribution in [0.15, 0.2) is 33.8 Å². The predicted octanol–water partition coefficient (Wildman–Crippen LogP) is 3.37. The summed E-state index contributed by atoms with van der Waals surface area (Å²) in [5, 5.41) is 1.68. The van der Waals surface area contributed by atoms with Gasteiger partial charge in [-0.05, 0) is 12.1 Å². The maximum Gasteiger partial charge on any atom is 0.136 e. The van der Waals surface area contributed by atoms with Gasteiger partial charge in [0.15, 0.2) is 0 Å². The molecule has 0 aliphatic heterocycles. The van der Waals surface area contributed by atoms with Crippen LogP contribution in [0.3, 0.4) is 0 Å². The summed E-state index contributed by atoms with van der Waals surface area (Å²) >= 11 is 9.94. The minimum Gasteiger partial charge on any atom is -0.463 e. The van der Waals surface area contributed by atoms with E-state index in [0.29, 0.717) is 5.02 Å². The molecule has 0 saturated heterocycles. The lowest BCUT2D eigenvalue weighted by Gasteiger charge is -1.88. The Labute approximate surface area is 74.4 Å². The van der Waals surface area contributed by atoms with Crippen molar-refractivity contribution in [3.63, 3.8) is 0 Å². The van der Waals surface area contributed by atoms with Gasteiger partial charge in [0.1, 0.15) is 11.8 Å². The van der Waals surface area contributed by atoms with E-state index >= 15 is 0 Å². The summed E-state index contributed by atoms with van der Waals surface area (Å²) in [5.74, 6) is 0. The lowest BCUT2D eigenvalue weighted by molar-refractivity contribution is 0.608. The SMILES string of the molecule is Sc1coc2cc(Cl)ccc12. The molecule has 2 aromatic rings. The van der Waals surface area contributed by atoms with E-state index in [4.69, 9.17) is 16.0 Å². The molecular weight excluding hydrogens is 180 g/mol. The normalized spacial score (nSPS) is 10.7. The number of thiol groups is 1. The molecule has 0 aliphatic rings. The van der Waals surface area contributed by atoms with Crippen LogP contribution in [0.4, 0.5) is 0 Å². The molecule has 0 N–H and O–H groups in total. The lowest BCUT2D eigenvalue weighted by atomic mass is 10.3. The van der Waals surface area contributed by atoms with E-state index in [-0.39, 0.29) is 0 Å². The molecule has 2 rings (SSSR count). The van der Waals surface area contributed by atoms with Crippen molar-refractivity contribution < 1.29 is 4.42 Å².